The number of nitrogens with zero attached hydrogens (tertiary/aromatic N) is 3. The Bertz CT molecular complexity index is 1020. The van der Waals surface area contributed by atoms with Gasteiger partial charge in [-0.3, -0.25) is 19.5 Å². The summed E-state index contributed by atoms with van der Waals surface area (Å²) >= 11 is 6.16. The first-order chi connectivity index (χ1) is 18.7. The lowest BCUT2D eigenvalue weighted by molar-refractivity contribution is -0.134. The zero-order chi connectivity index (χ0) is 29.3. The van der Waals surface area contributed by atoms with E-state index >= 15 is 0 Å². The summed E-state index contributed by atoms with van der Waals surface area (Å²) in [6, 6.07) is 13.8. The third-order valence-electron chi connectivity index (χ3n) is 6.56. The number of rotatable bonds is 11. The number of carboxylic acids is 1. The van der Waals surface area contributed by atoms with Crippen molar-refractivity contribution in [1.29, 1.82) is 0 Å². The van der Waals surface area contributed by atoms with Crippen molar-refractivity contribution >= 4 is 35.2 Å². The van der Waals surface area contributed by atoms with Crippen LogP contribution in [-0.4, -0.2) is 66.3 Å². The quantitative estimate of drug-likeness (QED) is 0.317. The molecule has 1 aliphatic heterocycles. The largest absolute Gasteiger partial charge is 0.481 e. The molecule has 7 nitrogen and oxygen atoms in total. The molecule has 1 atom stereocenters. The predicted octanol–water partition coefficient (Wildman–Crippen LogP) is 6.50. The molecule has 1 aliphatic rings. The lowest BCUT2D eigenvalue weighted by Gasteiger charge is -2.42. The third-order valence-corrected chi connectivity index (χ3v) is 6.94. The summed E-state index contributed by atoms with van der Waals surface area (Å²) in [6.45, 7) is 14.3. The molecule has 3 rings (SSSR count). The van der Waals surface area contributed by atoms with Crippen LogP contribution in [0.5, 0.6) is 0 Å². The molecule has 39 heavy (non-hydrogen) atoms. The van der Waals surface area contributed by atoms with Crippen LogP contribution in [0, 0.1) is 5.92 Å². The Morgan fingerprint density at radius 2 is 1.85 bits per heavy atom. The van der Waals surface area contributed by atoms with Crippen molar-refractivity contribution in [1.82, 2.24) is 9.88 Å². The molecule has 0 saturated carbocycles. The van der Waals surface area contributed by atoms with E-state index in [-0.39, 0.29) is 11.5 Å². The average Bonchev–Trinajstić information content (AvgIpc) is 2.96. The second-order valence-electron chi connectivity index (χ2n) is 9.30. The van der Waals surface area contributed by atoms with Gasteiger partial charge in [0.2, 0.25) is 6.41 Å². The number of amides is 1. The number of aliphatic carboxylic acids is 1. The second-order valence-corrected chi connectivity index (χ2v) is 9.78. The number of carbonyl (C=O) groups is 2. The van der Waals surface area contributed by atoms with Crippen molar-refractivity contribution in [3.63, 3.8) is 0 Å². The molecule has 1 aromatic heterocycles. The predicted molar refractivity (Wildman–Crippen MR) is 161 cm³/mol. The van der Waals surface area contributed by atoms with Crippen molar-refractivity contribution in [2.24, 2.45) is 5.92 Å². The number of ether oxygens (including phenoxy) is 1. The average molecular weight is 558 g/mol. The van der Waals surface area contributed by atoms with Crippen LogP contribution in [0.25, 0.3) is 5.57 Å². The van der Waals surface area contributed by atoms with E-state index < -0.39 is 5.97 Å². The fourth-order valence-corrected chi connectivity index (χ4v) is 4.32. The highest BCUT2D eigenvalue weighted by Crippen LogP contribution is 2.30. The zero-order valence-corrected chi connectivity index (χ0v) is 24.7. The Morgan fingerprint density at radius 1 is 1.23 bits per heavy atom. The molecule has 214 valence electrons. The lowest BCUT2D eigenvalue weighted by atomic mass is 9.90. The van der Waals surface area contributed by atoms with E-state index in [0.717, 1.165) is 63.5 Å². The van der Waals surface area contributed by atoms with Gasteiger partial charge in [-0.05, 0) is 54.5 Å². The minimum atomic E-state index is -0.833. The summed E-state index contributed by atoms with van der Waals surface area (Å²) in [5, 5.41) is 8.09. The van der Waals surface area contributed by atoms with E-state index in [1.807, 2.05) is 56.4 Å². The number of carbonyl (C=O) groups excluding carboxylic acids is 1. The Morgan fingerprint density at radius 3 is 2.33 bits per heavy atom. The maximum atomic E-state index is 11.8. The first kappa shape index (κ1) is 34.0. The van der Waals surface area contributed by atoms with Gasteiger partial charge in [0, 0.05) is 56.8 Å². The van der Waals surface area contributed by atoms with Gasteiger partial charge in [-0.1, -0.05) is 69.3 Å². The van der Waals surface area contributed by atoms with Gasteiger partial charge in [-0.2, -0.15) is 0 Å². The van der Waals surface area contributed by atoms with Crippen molar-refractivity contribution in [2.45, 2.75) is 52.6 Å². The fraction of sp³-hybridized carbons (Fsp3) is 0.452. The number of allylic oxidation sites excluding steroid dienone is 2. The number of benzene rings is 1. The van der Waals surface area contributed by atoms with Crippen LogP contribution in [0.3, 0.4) is 0 Å². The van der Waals surface area contributed by atoms with Crippen molar-refractivity contribution in [3.8, 4) is 0 Å². The summed E-state index contributed by atoms with van der Waals surface area (Å²) in [7, 11) is 1.75. The maximum absolute atomic E-state index is 11.8. The molecule has 0 bridgehead atoms. The Kier molecular flexibility index (Phi) is 16.0. The molecule has 0 radical (unpaired) electrons. The van der Waals surface area contributed by atoms with Crippen LogP contribution in [0.4, 0.5) is 5.69 Å². The summed E-state index contributed by atoms with van der Waals surface area (Å²) in [6.07, 6.45) is 9.44. The number of carboxylic acid groups (broad SMARTS) is 1. The molecule has 1 aromatic carbocycles. The van der Waals surface area contributed by atoms with Crippen LogP contribution in [0.1, 0.15) is 52.5 Å². The van der Waals surface area contributed by atoms with E-state index in [4.69, 9.17) is 26.2 Å². The zero-order valence-electron chi connectivity index (χ0n) is 24.0. The van der Waals surface area contributed by atoms with Crippen LogP contribution in [0.2, 0.25) is 0 Å². The third kappa shape index (κ3) is 12.2. The Labute approximate surface area is 239 Å². The van der Waals surface area contributed by atoms with Gasteiger partial charge >= 0.3 is 0 Å². The normalized spacial score (nSPS) is 15.5. The monoisotopic (exact) mass is 557 g/mol. The molecule has 0 spiro atoms. The highest BCUT2D eigenvalue weighted by atomic mass is 35.5. The van der Waals surface area contributed by atoms with Gasteiger partial charge in [0.25, 0.3) is 5.97 Å². The van der Waals surface area contributed by atoms with Crippen LogP contribution < -0.4 is 4.90 Å². The Hall–Kier alpha value is -3.00. The number of likely N-dealkylation sites (tertiary alicyclic amines) is 1. The molecule has 1 fully saturated rings. The fourth-order valence-electron chi connectivity index (χ4n) is 4.24. The molecular weight excluding hydrogens is 514 g/mol. The molecule has 1 saturated heterocycles. The second kappa shape index (κ2) is 18.3. The lowest BCUT2D eigenvalue weighted by Crippen LogP contribution is -2.52. The number of hydrogen-bond acceptors (Lipinski definition) is 5. The first-order valence-corrected chi connectivity index (χ1v) is 13.7. The van der Waals surface area contributed by atoms with Gasteiger partial charge in [0.05, 0.1) is 12.1 Å². The SMILES string of the molecule is C=C(Cl)C(C)C/C(=C/CN1CCC(CN(C=O)c2ccccc2)(OC)CC1)c1cccnc1.CC.CC(=O)O. The van der Waals surface area contributed by atoms with E-state index in [9.17, 15) is 4.79 Å². The van der Waals surface area contributed by atoms with E-state index in [0.29, 0.717) is 11.6 Å². The molecule has 1 unspecified atom stereocenters. The molecular formula is C31H44ClN3O4. The standard InChI is InChI=1S/C27H34ClN3O2.C2H4O2.C2H6/c1-22(23(2)28)18-24(25-8-7-14-29-19-25)11-15-30-16-12-27(33-3,13-17-30)20-31(21-32)26-9-5-4-6-10-26;1-2(3)4;1-2/h4-11,14,19,21-22H,2,12-13,15-18,20H2,1,3H3;1H3,(H,3,4);1-2H3/b24-11-;;. The molecule has 8 heteroatoms. The number of aromatic nitrogens is 1. The first-order valence-electron chi connectivity index (χ1n) is 13.4. The van der Waals surface area contributed by atoms with Gasteiger partial charge in [-0.15, -0.1) is 0 Å². The van der Waals surface area contributed by atoms with Gasteiger partial charge in [-0.25, -0.2) is 0 Å². The van der Waals surface area contributed by atoms with E-state index in [1.54, 1.807) is 18.2 Å². The summed E-state index contributed by atoms with van der Waals surface area (Å²) in [5.41, 5.74) is 2.91. The van der Waals surface area contributed by atoms with Gasteiger partial charge in [0.15, 0.2) is 0 Å². The molecule has 0 aliphatic carbocycles. The van der Waals surface area contributed by atoms with Crippen molar-refractivity contribution in [3.05, 3.63) is 78.1 Å². The minimum absolute atomic E-state index is 0.188. The number of hydrogen-bond donors (Lipinski definition) is 1. The number of pyridine rings is 1. The maximum Gasteiger partial charge on any atom is 0.300 e. The van der Waals surface area contributed by atoms with Crippen LogP contribution in [0.15, 0.2) is 72.5 Å². The molecule has 1 N–H and O–H groups in total. The number of piperidine rings is 1. The number of para-hydroxylation sites is 1. The highest BCUT2D eigenvalue weighted by Gasteiger charge is 2.36. The van der Waals surface area contributed by atoms with Gasteiger partial charge in [0.1, 0.15) is 0 Å². The Balaban J connectivity index is 0.00000116. The minimum Gasteiger partial charge on any atom is -0.481 e. The van der Waals surface area contributed by atoms with E-state index in [2.05, 4.69) is 35.5 Å². The summed E-state index contributed by atoms with van der Waals surface area (Å²) in [4.78, 5) is 29.2. The van der Waals surface area contributed by atoms with Crippen LogP contribution >= 0.6 is 11.6 Å². The van der Waals surface area contributed by atoms with Crippen molar-refractivity contribution in [2.75, 3.05) is 38.2 Å². The number of halogens is 1. The topological polar surface area (TPSA) is 83.0 Å². The smallest absolute Gasteiger partial charge is 0.300 e. The summed E-state index contributed by atoms with van der Waals surface area (Å²) < 4.78 is 5.98. The highest BCUT2D eigenvalue weighted by molar-refractivity contribution is 6.29. The molecule has 2 aromatic rings. The summed E-state index contributed by atoms with van der Waals surface area (Å²) in [5.74, 6) is -0.645. The number of methoxy groups -OCH3 is 1. The van der Waals surface area contributed by atoms with Gasteiger partial charge < -0.3 is 14.7 Å². The van der Waals surface area contributed by atoms with Crippen LogP contribution in [-0.2, 0) is 14.3 Å². The molecule has 1 amide bonds. The molecule has 2 heterocycles. The van der Waals surface area contributed by atoms with Crippen molar-refractivity contribution < 1.29 is 19.4 Å². The number of anilines is 1. The van der Waals surface area contributed by atoms with E-state index in [1.165, 1.54) is 5.57 Å².